The Hall–Kier alpha value is -0.390. The maximum Gasteiger partial charge on any atom is 0.265 e. The molecule has 0 aromatic carbocycles. The lowest BCUT2D eigenvalue weighted by Gasteiger charge is -2.22. The van der Waals surface area contributed by atoms with Gasteiger partial charge in [0.25, 0.3) is 10.1 Å². The molecule has 0 amide bonds. The van der Waals surface area contributed by atoms with Gasteiger partial charge in [0.05, 0.1) is 5.75 Å². The molecule has 0 aliphatic heterocycles. The molecule has 1 atom stereocenters. The van der Waals surface area contributed by atoms with Crippen LogP contribution >= 0.6 is 0 Å². The topological polar surface area (TPSA) is 80.4 Å². The van der Waals surface area contributed by atoms with Crippen molar-refractivity contribution in [3.05, 3.63) is 12.7 Å². The zero-order valence-electron chi connectivity index (χ0n) is 10.7. The third kappa shape index (κ3) is 19.2. The molecule has 0 aliphatic carbocycles. The van der Waals surface area contributed by atoms with Crippen molar-refractivity contribution in [1.29, 1.82) is 0 Å². The zero-order chi connectivity index (χ0) is 13.4. The average Bonchev–Trinajstić information content (AvgIpc) is 1.97. The fraction of sp³-hybridized carbons (Fsp3) is 0.818. The SMILES string of the molecule is C=CCN.CC(CC(C)(C)C)CS(=O)(=O)O. The minimum absolute atomic E-state index is 0.0139. The van der Waals surface area contributed by atoms with Crippen LogP contribution < -0.4 is 5.73 Å². The van der Waals surface area contributed by atoms with Crippen LogP contribution in [0.1, 0.15) is 34.1 Å². The Bertz CT molecular complexity index is 278. The molecular weight excluding hydrogens is 226 g/mol. The second-order valence-corrected chi connectivity index (χ2v) is 6.64. The average molecular weight is 251 g/mol. The van der Waals surface area contributed by atoms with E-state index in [0.29, 0.717) is 6.54 Å². The highest BCUT2D eigenvalue weighted by atomic mass is 32.2. The van der Waals surface area contributed by atoms with E-state index in [0.717, 1.165) is 6.42 Å². The summed E-state index contributed by atoms with van der Waals surface area (Å²) in [4.78, 5) is 0. The lowest BCUT2D eigenvalue weighted by Crippen LogP contribution is -2.18. The monoisotopic (exact) mass is 251 g/mol. The molecule has 0 aromatic rings. The van der Waals surface area contributed by atoms with E-state index < -0.39 is 10.1 Å². The van der Waals surface area contributed by atoms with Crippen molar-refractivity contribution in [3.8, 4) is 0 Å². The number of hydrogen-bond donors (Lipinski definition) is 2. The molecule has 0 fully saturated rings. The first-order valence-electron chi connectivity index (χ1n) is 5.28. The Morgan fingerprint density at radius 3 is 2.00 bits per heavy atom. The second-order valence-electron chi connectivity index (χ2n) is 5.14. The molecule has 1 unspecified atom stereocenters. The van der Waals surface area contributed by atoms with Crippen LogP contribution in [0, 0.1) is 11.3 Å². The highest BCUT2D eigenvalue weighted by Crippen LogP contribution is 2.24. The summed E-state index contributed by atoms with van der Waals surface area (Å²) >= 11 is 0. The second kappa shape index (κ2) is 7.81. The molecule has 0 saturated carbocycles. The van der Waals surface area contributed by atoms with Gasteiger partial charge in [0.1, 0.15) is 0 Å². The summed E-state index contributed by atoms with van der Waals surface area (Å²) < 4.78 is 29.5. The Labute approximate surface area is 99.7 Å². The van der Waals surface area contributed by atoms with Gasteiger partial charge >= 0.3 is 0 Å². The van der Waals surface area contributed by atoms with Gasteiger partial charge in [-0.2, -0.15) is 8.42 Å². The summed E-state index contributed by atoms with van der Waals surface area (Å²) in [7, 11) is -3.80. The molecule has 0 bridgehead atoms. The largest absolute Gasteiger partial charge is 0.327 e. The van der Waals surface area contributed by atoms with Crippen LogP contribution in [0.4, 0.5) is 0 Å². The van der Waals surface area contributed by atoms with Crippen LogP contribution in [0.25, 0.3) is 0 Å². The third-order valence-corrected chi connectivity index (χ3v) is 2.61. The van der Waals surface area contributed by atoms with Crippen LogP contribution in [0.2, 0.25) is 0 Å². The van der Waals surface area contributed by atoms with E-state index in [-0.39, 0.29) is 17.1 Å². The molecule has 5 heteroatoms. The van der Waals surface area contributed by atoms with Crippen molar-refractivity contribution in [2.24, 2.45) is 17.1 Å². The van der Waals surface area contributed by atoms with Crippen LogP contribution in [-0.4, -0.2) is 25.3 Å². The molecule has 4 nitrogen and oxygen atoms in total. The Balaban J connectivity index is 0. The molecule has 0 heterocycles. The molecule has 0 rings (SSSR count). The van der Waals surface area contributed by atoms with Crippen LogP contribution in [0.5, 0.6) is 0 Å². The van der Waals surface area contributed by atoms with Gasteiger partial charge in [-0.3, -0.25) is 4.55 Å². The number of rotatable bonds is 4. The standard InChI is InChI=1S/C8H18O3S.C3H7N/c1-7(5-8(2,3)4)6-12(9,10)11;1-2-3-4/h7H,5-6H2,1-4H3,(H,9,10,11);2H,1,3-4H2. The fourth-order valence-electron chi connectivity index (χ4n) is 1.46. The van der Waals surface area contributed by atoms with E-state index in [2.05, 4.69) is 6.58 Å². The fourth-order valence-corrected chi connectivity index (χ4v) is 2.30. The molecule has 0 aromatic heterocycles. The van der Waals surface area contributed by atoms with E-state index >= 15 is 0 Å². The predicted molar refractivity (Wildman–Crippen MR) is 68.9 cm³/mol. The minimum Gasteiger partial charge on any atom is -0.327 e. The summed E-state index contributed by atoms with van der Waals surface area (Å²) in [6, 6.07) is 0. The molecule has 98 valence electrons. The summed E-state index contributed by atoms with van der Waals surface area (Å²) in [5.74, 6) is -0.121. The van der Waals surface area contributed by atoms with E-state index in [1.165, 1.54) is 0 Å². The van der Waals surface area contributed by atoms with E-state index in [4.69, 9.17) is 10.3 Å². The van der Waals surface area contributed by atoms with E-state index in [1.54, 1.807) is 6.08 Å². The van der Waals surface area contributed by atoms with Crippen molar-refractivity contribution in [2.45, 2.75) is 34.1 Å². The van der Waals surface area contributed by atoms with Crippen molar-refractivity contribution in [1.82, 2.24) is 0 Å². The van der Waals surface area contributed by atoms with Crippen molar-refractivity contribution in [2.75, 3.05) is 12.3 Å². The smallest absolute Gasteiger partial charge is 0.265 e. The lowest BCUT2D eigenvalue weighted by molar-refractivity contribution is 0.318. The molecule has 0 aliphatic rings. The first-order chi connectivity index (χ1) is 7.02. The van der Waals surface area contributed by atoms with Gasteiger partial charge in [0, 0.05) is 6.54 Å². The maximum absolute atomic E-state index is 10.5. The molecule has 16 heavy (non-hydrogen) atoms. The van der Waals surface area contributed by atoms with Crippen LogP contribution in [0.15, 0.2) is 12.7 Å². The first kappa shape index (κ1) is 18.0. The van der Waals surface area contributed by atoms with Gasteiger partial charge in [0.15, 0.2) is 0 Å². The van der Waals surface area contributed by atoms with Crippen LogP contribution in [0.3, 0.4) is 0 Å². The normalized spacial score (nSPS) is 13.6. The Morgan fingerprint density at radius 1 is 1.44 bits per heavy atom. The minimum atomic E-state index is -3.80. The lowest BCUT2D eigenvalue weighted by atomic mass is 9.86. The zero-order valence-corrected chi connectivity index (χ0v) is 11.5. The Kier molecular flexibility index (Phi) is 8.78. The third-order valence-electron chi connectivity index (χ3n) is 1.62. The van der Waals surface area contributed by atoms with E-state index in [1.807, 2.05) is 27.7 Å². The van der Waals surface area contributed by atoms with Crippen molar-refractivity contribution < 1.29 is 13.0 Å². The molecule has 0 radical (unpaired) electrons. The summed E-state index contributed by atoms with van der Waals surface area (Å²) in [5, 5.41) is 0. The van der Waals surface area contributed by atoms with Crippen molar-refractivity contribution in [3.63, 3.8) is 0 Å². The molecule has 3 N–H and O–H groups in total. The summed E-state index contributed by atoms with van der Waals surface area (Å²) in [5.41, 5.74) is 5.02. The van der Waals surface area contributed by atoms with E-state index in [9.17, 15) is 8.42 Å². The highest BCUT2D eigenvalue weighted by Gasteiger charge is 2.19. The number of nitrogens with two attached hydrogens (primary N) is 1. The molecule has 0 saturated heterocycles. The highest BCUT2D eigenvalue weighted by molar-refractivity contribution is 7.85. The quantitative estimate of drug-likeness (QED) is 0.592. The molecular formula is C11H25NO3S. The summed E-state index contributed by atoms with van der Waals surface area (Å²) in [6.07, 6.45) is 2.45. The summed E-state index contributed by atoms with van der Waals surface area (Å²) in [6.45, 7) is 11.9. The van der Waals surface area contributed by atoms with Gasteiger partial charge in [-0.15, -0.1) is 6.58 Å². The van der Waals surface area contributed by atoms with Gasteiger partial charge in [0.2, 0.25) is 0 Å². The number of hydrogen-bond acceptors (Lipinski definition) is 3. The maximum atomic E-state index is 10.5. The van der Waals surface area contributed by atoms with Gasteiger partial charge in [-0.1, -0.05) is 33.8 Å². The first-order valence-corrected chi connectivity index (χ1v) is 6.89. The predicted octanol–water partition coefficient (Wildman–Crippen LogP) is 2.08. The van der Waals surface area contributed by atoms with Gasteiger partial charge in [-0.05, 0) is 17.8 Å². The van der Waals surface area contributed by atoms with Gasteiger partial charge in [-0.25, -0.2) is 0 Å². The van der Waals surface area contributed by atoms with Gasteiger partial charge < -0.3 is 5.73 Å². The van der Waals surface area contributed by atoms with Crippen molar-refractivity contribution >= 4 is 10.1 Å². The Morgan fingerprint density at radius 2 is 1.81 bits per heavy atom. The molecule has 0 spiro atoms. The van der Waals surface area contributed by atoms with Crippen LogP contribution in [-0.2, 0) is 10.1 Å².